The summed E-state index contributed by atoms with van der Waals surface area (Å²) in [5, 5.41) is 0.209. The number of rotatable bonds is 2. The van der Waals surface area contributed by atoms with E-state index in [9.17, 15) is 4.39 Å². The van der Waals surface area contributed by atoms with Gasteiger partial charge in [-0.3, -0.25) is 0 Å². The van der Waals surface area contributed by atoms with Gasteiger partial charge in [0.15, 0.2) is 0 Å². The van der Waals surface area contributed by atoms with E-state index in [0.717, 1.165) is 17.5 Å². The Kier molecular flexibility index (Phi) is 3.06. The first kappa shape index (κ1) is 9.49. The molecule has 0 aliphatic rings. The summed E-state index contributed by atoms with van der Waals surface area (Å²) < 4.78 is 12.8. The van der Waals surface area contributed by atoms with E-state index in [1.807, 2.05) is 0 Å². The van der Waals surface area contributed by atoms with Crippen LogP contribution in [0.25, 0.3) is 0 Å². The fourth-order valence-electron chi connectivity index (χ4n) is 1.12. The topological polar surface area (TPSA) is 26.0 Å². The molecule has 0 radical (unpaired) electrons. The molecule has 0 saturated heterocycles. The predicted molar refractivity (Wildman–Crippen MR) is 48.9 cm³/mol. The van der Waals surface area contributed by atoms with Gasteiger partial charge >= 0.3 is 0 Å². The number of hydrogen-bond acceptors (Lipinski definition) is 1. The highest BCUT2D eigenvalue weighted by atomic mass is 35.5. The zero-order chi connectivity index (χ0) is 9.14. The third-order valence-corrected chi connectivity index (χ3v) is 2.33. The van der Waals surface area contributed by atoms with Crippen LogP contribution >= 0.6 is 11.6 Å². The van der Waals surface area contributed by atoms with Crippen molar-refractivity contribution in [3.05, 3.63) is 34.1 Å². The summed E-state index contributed by atoms with van der Waals surface area (Å²) in [6.07, 6.45) is 0.742. The molecule has 0 aliphatic heterocycles. The molecule has 0 atom stereocenters. The van der Waals surface area contributed by atoms with Gasteiger partial charge < -0.3 is 5.73 Å². The van der Waals surface area contributed by atoms with E-state index in [0.29, 0.717) is 6.54 Å². The maximum atomic E-state index is 12.8. The zero-order valence-electron chi connectivity index (χ0n) is 6.90. The SMILES string of the molecule is Cc1c(CCN)ccc(F)c1Cl. The van der Waals surface area contributed by atoms with Crippen LogP contribution in [0.3, 0.4) is 0 Å². The summed E-state index contributed by atoms with van der Waals surface area (Å²) in [5.74, 6) is -0.366. The lowest BCUT2D eigenvalue weighted by molar-refractivity contribution is 0.626. The van der Waals surface area contributed by atoms with Crippen LogP contribution in [0.1, 0.15) is 11.1 Å². The first-order valence-electron chi connectivity index (χ1n) is 3.80. The van der Waals surface area contributed by atoms with Crippen LogP contribution in [-0.4, -0.2) is 6.54 Å². The zero-order valence-corrected chi connectivity index (χ0v) is 7.66. The number of halogens is 2. The lowest BCUT2D eigenvalue weighted by Gasteiger charge is -2.06. The molecule has 1 nitrogen and oxygen atoms in total. The molecule has 2 N–H and O–H groups in total. The van der Waals surface area contributed by atoms with Crippen LogP contribution in [-0.2, 0) is 6.42 Å². The van der Waals surface area contributed by atoms with Gasteiger partial charge in [-0.25, -0.2) is 4.39 Å². The molecule has 66 valence electrons. The van der Waals surface area contributed by atoms with Crippen molar-refractivity contribution in [3.63, 3.8) is 0 Å². The largest absolute Gasteiger partial charge is 0.330 e. The van der Waals surface area contributed by atoms with E-state index < -0.39 is 0 Å². The van der Waals surface area contributed by atoms with Crippen molar-refractivity contribution < 1.29 is 4.39 Å². The van der Waals surface area contributed by atoms with Crippen molar-refractivity contribution in [1.29, 1.82) is 0 Å². The van der Waals surface area contributed by atoms with Crippen molar-refractivity contribution in [1.82, 2.24) is 0 Å². The van der Waals surface area contributed by atoms with Crippen molar-refractivity contribution in [2.24, 2.45) is 5.73 Å². The van der Waals surface area contributed by atoms with Gasteiger partial charge in [0.25, 0.3) is 0 Å². The summed E-state index contributed by atoms with van der Waals surface area (Å²) in [7, 11) is 0. The minimum absolute atomic E-state index is 0.209. The number of nitrogens with two attached hydrogens (primary N) is 1. The Labute approximate surface area is 76.3 Å². The molecule has 1 aromatic carbocycles. The molecule has 0 saturated carbocycles. The Morgan fingerprint density at radius 3 is 2.75 bits per heavy atom. The average molecular weight is 188 g/mol. The molecule has 0 heterocycles. The Morgan fingerprint density at radius 1 is 1.50 bits per heavy atom. The van der Waals surface area contributed by atoms with Crippen molar-refractivity contribution >= 4 is 11.6 Å². The van der Waals surface area contributed by atoms with Crippen LogP contribution in [0.15, 0.2) is 12.1 Å². The molecule has 0 spiro atoms. The maximum absolute atomic E-state index is 12.8. The highest BCUT2D eigenvalue weighted by Gasteiger charge is 2.06. The first-order valence-corrected chi connectivity index (χ1v) is 4.18. The normalized spacial score (nSPS) is 10.3. The molecule has 1 rings (SSSR count). The van der Waals surface area contributed by atoms with Gasteiger partial charge in [0.1, 0.15) is 5.82 Å². The van der Waals surface area contributed by atoms with E-state index in [1.54, 1.807) is 13.0 Å². The Morgan fingerprint density at radius 2 is 2.17 bits per heavy atom. The molecule has 0 fully saturated rings. The Balaban J connectivity index is 3.08. The summed E-state index contributed by atoms with van der Waals surface area (Å²) in [6.45, 7) is 2.36. The van der Waals surface area contributed by atoms with Gasteiger partial charge in [-0.1, -0.05) is 17.7 Å². The lowest BCUT2D eigenvalue weighted by Crippen LogP contribution is -2.04. The van der Waals surface area contributed by atoms with Gasteiger partial charge in [0.2, 0.25) is 0 Å². The van der Waals surface area contributed by atoms with Gasteiger partial charge in [0, 0.05) is 0 Å². The summed E-state index contributed by atoms with van der Waals surface area (Å²) >= 11 is 5.70. The summed E-state index contributed by atoms with van der Waals surface area (Å²) in [5.41, 5.74) is 7.19. The number of benzene rings is 1. The molecule has 12 heavy (non-hydrogen) atoms. The third kappa shape index (κ3) is 1.76. The van der Waals surface area contributed by atoms with Gasteiger partial charge in [0.05, 0.1) is 5.02 Å². The minimum Gasteiger partial charge on any atom is -0.330 e. The molecule has 3 heteroatoms. The first-order chi connectivity index (χ1) is 5.66. The standard InChI is InChI=1S/C9H11ClFN/c1-6-7(4-5-12)2-3-8(11)9(6)10/h2-3H,4-5,12H2,1H3. The number of hydrogen-bond donors (Lipinski definition) is 1. The van der Waals surface area contributed by atoms with E-state index in [2.05, 4.69) is 0 Å². The van der Waals surface area contributed by atoms with Crippen LogP contribution in [0.2, 0.25) is 5.02 Å². The van der Waals surface area contributed by atoms with E-state index in [1.165, 1.54) is 6.07 Å². The van der Waals surface area contributed by atoms with Crippen LogP contribution < -0.4 is 5.73 Å². The van der Waals surface area contributed by atoms with Gasteiger partial charge in [-0.05, 0) is 37.1 Å². The van der Waals surface area contributed by atoms with Crippen LogP contribution in [0.5, 0.6) is 0 Å². The van der Waals surface area contributed by atoms with Crippen LogP contribution in [0, 0.1) is 12.7 Å². The van der Waals surface area contributed by atoms with E-state index in [4.69, 9.17) is 17.3 Å². The average Bonchev–Trinajstić information content (AvgIpc) is 2.07. The molecule has 0 bridgehead atoms. The third-order valence-electron chi connectivity index (χ3n) is 1.87. The minimum atomic E-state index is -0.366. The molecule has 0 aromatic heterocycles. The van der Waals surface area contributed by atoms with Crippen molar-refractivity contribution in [2.75, 3.05) is 6.54 Å². The van der Waals surface area contributed by atoms with Crippen molar-refractivity contribution in [3.8, 4) is 0 Å². The van der Waals surface area contributed by atoms with Crippen molar-refractivity contribution in [2.45, 2.75) is 13.3 Å². The molecule has 0 amide bonds. The Hall–Kier alpha value is -0.600. The second-order valence-electron chi connectivity index (χ2n) is 2.68. The highest BCUT2D eigenvalue weighted by molar-refractivity contribution is 6.31. The summed E-state index contributed by atoms with van der Waals surface area (Å²) in [6, 6.07) is 3.10. The second kappa shape index (κ2) is 3.87. The van der Waals surface area contributed by atoms with Gasteiger partial charge in [-0.2, -0.15) is 0 Å². The van der Waals surface area contributed by atoms with Gasteiger partial charge in [-0.15, -0.1) is 0 Å². The fraction of sp³-hybridized carbons (Fsp3) is 0.333. The smallest absolute Gasteiger partial charge is 0.142 e. The molecular weight excluding hydrogens is 177 g/mol. The summed E-state index contributed by atoms with van der Waals surface area (Å²) in [4.78, 5) is 0. The Bertz CT molecular complexity index is 286. The molecule has 0 aliphatic carbocycles. The van der Waals surface area contributed by atoms with Crippen LogP contribution in [0.4, 0.5) is 4.39 Å². The molecule has 1 aromatic rings. The van der Waals surface area contributed by atoms with E-state index in [-0.39, 0.29) is 10.8 Å². The quantitative estimate of drug-likeness (QED) is 0.756. The monoisotopic (exact) mass is 187 g/mol. The lowest BCUT2D eigenvalue weighted by atomic mass is 10.1. The predicted octanol–water partition coefficient (Wildman–Crippen LogP) is 2.29. The molecule has 0 unspecified atom stereocenters. The fourth-order valence-corrected chi connectivity index (χ4v) is 1.30. The van der Waals surface area contributed by atoms with E-state index >= 15 is 0 Å². The second-order valence-corrected chi connectivity index (χ2v) is 3.06. The maximum Gasteiger partial charge on any atom is 0.142 e. The highest BCUT2D eigenvalue weighted by Crippen LogP contribution is 2.22. The molecular formula is C9H11ClFN.